The number of carboxylic acid groups (broad SMARTS) is 1. The molecule has 0 saturated carbocycles. The molecule has 118 valence electrons. The van der Waals surface area contributed by atoms with Gasteiger partial charge in [-0.3, -0.25) is 9.69 Å². The van der Waals surface area contributed by atoms with Gasteiger partial charge in [0.15, 0.2) is 28.6 Å². The fraction of sp³-hybridized carbons (Fsp3) is 0.467. The first-order chi connectivity index (χ1) is 10.4. The highest BCUT2D eigenvalue weighted by atomic mass is 16.4. The van der Waals surface area contributed by atoms with Crippen LogP contribution in [0.5, 0.6) is 17.2 Å². The minimum atomic E-state index is -1.66. The molecule has 22 heavy (non-hydrogen) atoms. The van der Waals surface area contributed by atoms with Crippen LogP contribution in [0, 0.1) is 5.92 Å². The van der Waals surface area contributed by atoms with Gasteiger partial charge in [0.1, 0.15) is 0 Å². The van der Waals surface area contributed by atoms with Gasteiger partial charge in [-0.1, -0.05) is 0 Å². The van der Waals surface area contributed by atoms with Crippen molar-refractivity contribution in [2.45, 2.75) is 24.8 Å². The largest absolute Gasteiger partial charge is 0.504 e. The van der Waals surface area contributed by atoms with Crippen LogP contribution in [0.4, 0.5) is 0 Å². The molecule has 3 saturated heterocycles. The molecule has 7 nitrogen and oxygen atoms in total. The zero-order chi connectivity index (χ0) is 16.1. The minimum absolute atomic E-state index is 0.122. The van der Waals surface area contributed by atoms with Gasteiger partial charge in [0.25, 0.3) is 0 Å². The summed E-state index contributed by atoms with van der Waals surface area (Å²) in [6.45, 7) is 1.08. The van der Waals surface area contributed by atoms with Crippen LogP contribution >= 0.6 is 0 Å². The average molecular weight is 307 g/mol. The lowest BCUT2D eigenvalue weighted by atomic mass is 9.71. The lowest BCUT2D eigenvalue weighted by Gasteiger charge is -2.50. The van der Waals surface area contributed by atoms with E-state index in [9.17, 15) is 30.0 Å². The van der Waals surface area contributed by atoms with Crippen molar-refractivity contribution in [3.8, 4) is 17.2 Å². The second-order valence-corrected chi connectivity index (χ2v) is 5.99. The third kappa shape index (κ3) is 1.93. The smallest absolute Gasteiger partial charge is 0.332 e. The highest BCUT2D eigenvalue weighted by molar-refractivity contribution is 6.16. The number of carbonyl (C=O) groups is 2. The number of aliphatic carboxylic acids is 1. The quantitative estimate of drug-likeness (QED) is 0.372. The van der Waals surface area contributed by atoms with E-state index in [-0.39, 0.29) is 17.9 Å². The van der Waals surface area contributed by atoms with Crippen molar-refractivity contribution < 1.29 is 30.0 Å². The maximum absolute atomic E-state index is 12.8. The van der Waals surface area contributed by atoms with Gasteiger partial charge in [-0.15, -0.1) is 0 Å². The Balaban J connectivity index is 2.07. The Morgan fingerprint density at radius 1 is 1.09 bits per heavy atom. The van der Waals surface area contributed by atoms with Gasteiger partial charge in [0, 0.05) is 5.56 Å². The van der Waals surface area contributed by atoms with Crippen LogP contribution in [-0.2, 0) is 4.79 Å². The molecule has 3 fully saturated rings. The Morgan fingerprint density at radius 3 is 2.05 bits per heavy atom. The molecule has 1 atom stereocenters. The number of Topliss-reactive ketones (excluding diaryl/α,β-unsaturated/α-hetero) is 1. The van der Waals surface area contributed by atoms with E-state index < -0.39 is 34.5 Å². The number of phenolic OH excluding ortho intramolecular Hbond substituents is 3. The maximum Gasteiger partial charge on any atom is 0.332 e. The number of carboxylic acids is 1. The van der Waals surface area contributed by atoms with Crippen LogP contribution in [0.2, 0.25) is 0 Å². The second-order valence-electron chi connectivity index (χ2n) is 5.99. The van der Waals surface area contributed by atoms with E-state index in [1.54, 1.807) is 4.90 Å². The molecule has 4 rings (SSSR count). The first-order valence-corrected chi connectivity index (χ1v) is 7.14. The molecular weight excluding hydrogens is 290 g/mol. The number of hydrogen-bond acceptors (Lipinski definition) is 6. The number of hydrogen-bond donors (Lipinski definition) is 4. The summed E-state index contributed by atoms with van der Waals surface area (Å²) in [4.78, 5) is 26.4. The summed E-state index contributed by atoms with van der Waals surface area (Å²) >= 11 is 0. The highest BCUT2D eigenvalue weighted by Crippen LogP contribution is 2.43. The number of nitrogens with zero attached hydrogens (tertiary/aromatic N) is 1. The van der Waals surface area contributed by atoms with E-state index >= 15 is 0 Å². The minimum Gasteiger partial charge on any atom is -0.504 e. The molecule has 0 spiro atoms. The van der Waals surface area contributed by atoms with Crippen molar-refractivity contribution in [3.05, 3.63) is 17.7 Å². The standard InChI is InChI=1S/C15H17NO6/c17-10-5-9(6-11(18)12(10)19)13(20)15(14(21)22)7-8-1-3-16(15)4-2-8/h5-6,8,17-19H,1-4,7H2,(H,21,22). The van der Waals surface area contributed by atoms with E-state index in [1.807, 2.05) is 0 Å². The van der Waals surface area contributed by atoms with Crippen LogP contribution in [0.25, 0.3) is 0 Å². The van der Waals surface area contributed by atoms with Crippen molar-refractivity contribution in [1.82, 2.24) is 4.90 Å². The Kier molecular flexibility index (Phi) is 3.25. The summed E-state index contributed by atoms with van der Waals surface area (Å²) in [5.74, 6) is -3.74. The number of rotatable bonds is 3. The van der Waals surface area contributed by atoms with Crippen molar-refractivity contribution >= 4 is 11.8 Å². The molecule has 2 bridgehead atoms. The van der Waals surface area contributed by atoms with Crippen LogP contribution in [0.15, 0.2) is 12.1 Å². The van der Waals surface area contributed by atoms with Crippen molar-refractivity contribution in [2.75, 3.05) is 13.1 Å². The van der Waals surface area contributed by atoms with Crippen molar-refractivity contribution in [1.29, 1.82) is 0 Å². The topological polar surface area (TPSA) is 118 Å². The van der Waals surface area contributed by atoms with Gasteiger partial charge in [0.05, 0.1) is 0 Å². The van der Waals surface area contributed by atoms with Gasteiger partial charge < -0.3 is 20.4 Å². The summed E-state index contributed by atoms with van der Waals surface area (Å²) in [6, 6.07) is 1.98. The Bertz CT molecular complexity index is 626. The Morgan fingerprint density at radius 2 is 1.64 bits per heavy atom. The lowest BCUT2D eigenvalue weighted by Crippen LogP contribution is -2.66. The van der Waals surface area contributed by atoms with E-state index in [4.69, 9.17) is 0 Å². The Hall–Kier alpha value is -2.28. The van der Waals surface area contributed by atoms with Gasteiger partial charge >= 0.3 is 5.97 Å². The summed E-state index contributed by atoms with van der Waals surface area (Å²) in [7, 11) is 0. The van der Waals surface area contributed by atoms with E-state index in [0.717, 1.165) is 25.0 Å². The maximum atomic E-state index is 12.8. The number of piperidine rings is 3. The van der Waals surface area contributed by atoms with Crippen LogP contribution in [0.3, 0.4) is 0 Å². The number of carbonyl (C=O) groups excluding carboxylic acids is 1. The first-order valence-electron chi connectivity index (χ1n) is 7.14. The molecule has 4 N–H and O–H groups in total. The van der Waals surface area contributed by atoms with Gasteiger partial charge in [-0.25, -0.2) is 4.79 Å². The fourth-order valence-electron chi connectivity index (χ4n) is 3.60. The van der Waals surface area contributed by atoms with Crippen molar-refractivity contribution in [2.24, 2.45) is 5.92 Å². The summed E-state index contributed by atoms with van der Waals surface area (Å²) in [5, 5.41) is 38.2. The molecular formula is C15H17NO6. The van der Waals surface area contributed by atoms with Gasteiger partial charge in [-0.05, 0) is 50.4 Å². The van der Waals surface area contributed by atoms with Crippen molar-refractivity contribution in [3.63, 3.8) is 0 Å². The molecule has 0 radical (unpaired) electrons. The Labute approximate surface area is 126 Å². The molecule has 3 heterocycles. The molecule has 1 aromatic rings. The normalized spacial score (nSPS) is 30.2. The molecule has 1 aromatic carbocycles. The molecule has 7 heteroatoms. The molecule has 1 unspecified atom stereocenters. The molecule has 0 aromatic heterocycles. The van der Waals surface area contributed by atoms with E-state index in [2.05, 4.69) is 0 Å². The predicted molar refractivity (Wildman–Crippen MR) is 75.0 cm³/mol. The second kappa shape index (κ2) is 4.88. The van der Waals surface area contributed by atoms with Crippen LogP contribution < -0.4 is 0 Å². The SMILES string of the molecule is O=C(O)C1(C(=O)c2cc(O)c(O)c(O)c2)CC2CCN1CC2. The van der Waals surface area contributed by atoms with E-state index in [1.165, 1.54) is 0 Å². The zero-order valence-corrected chi connectivity index (χ0v) is 11.8. The average Bonchev–Trinajstić information content (AvgIpc) is 2.52. The van der Waals surface area contributed by atoms with Crippen LogP contribution in [-0.4, -0.2) is 55.7 Å². The monoisotopic (exact) mass is 307 g/mol. The first kappa shape index (κ1) is 14.6. The molecule has 0 amide bonds. The van der Waals surface area contributed by atoms with Gasteiger partial charge in [-0.2, -0.15) is 0 Å². The molecule has 3 aliphatic rings. The lowest BCUT2D eigenvalue weighted by molar-refractivity contribution is -0.154. The van der Waals surface area contributed by atoms with Gasteiger partial charge in [0.2, 0.25) is 0 Å². The fourth-order valence-corrected chi connectivity index (χ4v) is 3.60. The highest BCUT2D eigenvalue weighted by Gasteiger charge is 2.56. The molecule has 3 aliphatic heterocycles. The molecule has 0 aliphatic carbocycles. The van der Waals surface area contributed by atoms with E-state index in [0.29, 0.717) is 13.1 Å². The third-order valence-electron chi connectivity index (χ3n) is 4.80. The number of benzene rings is 1. The number of aromatic hydroxyl groups is 3. The number of ketones is 1. The van der Waals surface area contributed by atoms with Crippen LogP contribution in [0.1, 0.15) is 29.6 Å². The third-order valence-corrected chi connectivity index (χ3v) is 4.80. The predicted octanol–water partition coefficient (Wildman–Crippen LogP) is 0.925. The summed E-state index contributed by atoms with van der Waals surface area (Å²) in [6.07, 6.45) is 1.96. The number of fused-ring (bicyclic) bond motifs is 3. The summed E-state index contributed by atoms with van der Waals surface area (Å²) < 4.78 is 0. The summed E-state index contributed by atoms with van der Waals surface area (Å²) in [5.41, 5.74) is -1.78. The zero-order valence-electron chi connectivity index (χ0n) is 11.8. The number of phenols is 3.